The summed E-state index contributed by atoms with van der Waals surface area (Å²) in [4.78, 5) is 0. The Bertz CT molecular complexity index is 785. The van der Waals surface area contributed by atoms with E-state index in [1.807, 2.05) is 6.07 Å². The van der Waals surface area contributed by atoms with Gasteiger partial charge in [0.25, 0.3) is 0 Å². The van der Waals surface area contributed by atoms with E-state index in [0.29, 0.717) is 6.61 Å². The van der Waals surface area contributed by atoms with Crippen LogP contribution in [0.25, 0.3) is 21.9 Å². The first-order chi connectivity index (χ1) is 10.8. The van der Waals surface area contributed by atoms with Gasteiger partial charge in [0.2, 0.25) is 0 Å². The van der Waals surface area contributed by atoms with E-state index in [-0.39, 0.29) is 0 Å². The smallest absolute Gasteiger partial charge is 0.120 e. The first-order valence-corrected chi connectivity index (χ1v) is 7.67. The van der Waals surface area contributed by atoms with Crippen molar-refractivity contribution >= 4 is 10.8 Å². The SMILES string of the molecule is C=CCOc1ccc2cc(-c3ccc(CC)cc3)ccc2c1. The molecule has 0 aliphatic rings. The molecular formula is C21H20O. The molecule has 0 fully saturated rings. The molecule has 3 aromatic rings. The topological polar surface area (TPSA) is 9.23 Å². The molecule has 0 bridgehead atoms. The zero-order valence-corrected chi connectivity index (χ0v) is 12.9. The van der Waals surface area contributed by atoms with Gasteiger partial charge in [0.05, 0.1) is 0 Å². The molecule has 0 radical (unpaired) electrons. The van der Waals surface area contributed by atoms with Crippen molar-refractivity contribution in [3.8, 4) is 16.9 Å². The number of fused-ring (bicyclic) bond motifs is 1. The van der Waals surface area contributed by atoms with Crippen LogP contribution in [0.1, 0.15) is 12.5 Å². The number of ether oxygens (including phenoxy) is 1. The van der Waals surface area contributed by atoms with Gasteiger partial charge in [-0.25, -0.2) is 0 Å². The van der Waals surface area contributed by atoms with Crippen molar-refractivity contribution < 1.29 is 4.74 Å². The molecule has 22 heavy (non-hydrogen) atoms. The highest BCUT2D eigenvalue weighted by Crippen LogP contribution is 2.27. The van der Waals surface area contributed by atoms with Gasteiger partial charge >= 0.3 is 0 Å². The molecule has 0 unspecified atom stereocenters. The third kappa shape index (κ3) is 3.04. The van der Waals surface area contributed by atoms with Crippen LogP contribution in [-0.2, 0) is 6.42 Å². The van der Waals surface area contributed by atoms with E-state index >= 15 is 0 Å². The first-order valence-electron chi connectivity index (χ1n) is 7.67. The molecule has 0 aliphatic heterocycles. The summed E-state index contributed by atoms with van der Waals surface area (Å²) in [6.45, 7) is 6.38. The maximum atomic E-state index is 5.59. The van der Waals surface area contributed by atoms with Gasteiger partial charge in [0.1, 0.15) is 12.4 Å². The largest absolute Gasteiger partial charge is 0.490 e. The fourth-order valence-corrected chi connectivity index (χ4v) is 2.58. The lowest BCUT2D eigenvalue weighted by atomic mass is 10.00. The normalized spacial score (nSPS) is 10.6. The average Bonchev–Trinajstić information content (AvgIpc) is 2.59. The van der Waals surface area contributed by atoms with Gasteiger partial charge in [0, 0.05) is 0 Å². The van der Waals surface area contributed by atoms with E-state index in [4.69, 9.17) is 4.74 Å². The first kappa shape index (κ1) is 14.4. The summed E-state index contributed by atoms with van der Waals surface area (Å²) in [5, 5.41) is 2.42. The summed E-state index contributed by atoms with van der Waals surface area (Å²) in [5.74, 6) is 0.882. The van der Waals surface area contributed by atoms with Crippen LogP contribution in [0.2, 0.25) is 0 Å². The van der Waals surface area contributed by atoms with Crippen molar-refractivity contribution in [2.75, 3.05) is 6.61 Å². The minimum atomic E-state index is 0.535. The van der Waals surface area contributed by atoms with Crippen molar-refractivity contribution in [1.82, 2.24) is 0 Å². The van der Waals surface area contributed by atoms with E-state index in [1.165, 1.54) is 27.5 Å². The van der Waals surface area contributed by atoms with Crippen LogP contribution < -0.4 is 4.74 Å². The fraction of sp³-hybridized carbons (Fsp3) is 0.143. The molecule has 1 heteroatoms. The third-order valence-corrected chi connectivity index (χ3v) is 3.88. The number of rotatable bonds is 5. The molecule has 0 aromatic heterocycles. The number of benzene rings is 3. The average molecular weight is 288 g/mol. The minimum Gasteiger partial charge on any atom is -0.490 e. The predicted octanol–water partition coefficient (Wildman–Crippen LogP) is 5.63. The van der Waals surface area contributed by atoms with Crippen molar-refractivity contribution in [2.24, 2.45) is 0 Å². The lowest BCUT2D eigenvalue weighted by molar-refractivity contribution is 0.364. The van der Waals surface area contributed by atoms with Crippen LogP contribution in [0.5, 0.6) is 5.75 Å². The van der Waals surface area contributed by atoms with E-state index < -0.39 is 0 Å². The Morgan fingerprint density at radius 2 is 1.55 bits per heavy atom. The molecule has 0 amide bonds. The van der Waals surface area contributed by atoms with Crippen LogP contribution in [0.15, 0.2) is 73.3 Å². The Labute approximate surface area is 131 Å². The third-order valence-electron chi connectivity index (χ3n) is 3.88. The van der Waals surface area contributed by atoms with Crippen LogP contribution >= 0.6 is 0 Å². The van der Waals surface area contributed by atoms with Crippen LogP contribution in [0.3, 0.4) is 0 Å². The predicted molar refractivity (Wildman–Crippen MR) is 94.5 cm³/mol. The second-order valence-corrected chi connectivity index (χ2v) is 5.37. The van der Waals surface area contributed by atoms with Crippen LogP contribution in [-0.4, -0.2) is 6.61 Å². The lowest BCUT2D eigenvalue weighted by Gasteiger charge is -2.08. The maximum absolute atomic E-state index is 5.59. The molecule has 1 nitrogen and oxygen atoms in total. The summed E-state index contributed by atoms with van der Waals surface area (Å²) >= 11 is 0. The Balaban J connectivity index is 1.93. The van der Waals surface area contributed by atoms with Gasteiger partial charge in [-0.2, -0.15) is 0 Å². The molecule has 0 atom stereocenters. The Morgan fingerprint density at radius 1 is 0.864 bits per heavy atom. The quantitative estimate of drug-likeness (QED) is 0.552. The minimum absolute atomic E-state index is 0.535. The summed E-state index contributed by atoms with van der Waals surface area (Å²) in [6, 6.07) is 21.5. The standard InChI is InChI=1S/C21H20O/c1-3-13-22-21-12-11-19-14-18(9-10-20(19)15-21)17-7-5-16(4-2)6-8-17/h3,5-12,14-15H,1,4,13H2,2H3. The van der Waals surface area contributed by atoms with E-state index in [1.54, 1.807) is 6.08 Å². The zero-order valence-electron chi connectivity index (χ0n) is 12.9. The Morgan fingerprint density at radius 3 is 2.27 bits per heavy atom. The molecule has 110 valence electrons. The summed E-state index contributed by atoms with van der Waals surface area (Å²) in [7, 11) is 0. The Hall–Kier alpha value is -2.54. The number of hydrogen-bond acceptors (Lipinski definition) is 1. The molecule has 3 aromatic carbocycles. The lowest BCUT2D eigenvalue weighted by Crippen LogP contribution is -1.92. The van der Waals surface area contributed by atoms with Crippen molar-refractivity contribution in [3.05, 3.63) is 78.9 Å². The maximum Gasteiger partial charge on any atom is 0.120 e. The van der Waals surface area contributed by atoms with Gasteiger partial charge in [-0.1, -0.05) is 62.0 Å². The van der Waals surface area contributed by atoms with Gasteiger partial charge in [-0.3, -0.25) is 0 Å². The molecule has 0 N–H and O–H groups in total. The molecule has 0 aliphatic carbocycles. The van der Waals surface area contributed by atoms with Crippen molar-refractivity contribution in [1.29, 1.82) is 0 Å². The summed E-state index contributed by atoms with van der Waals surface area (Å²) in [5.41, 5.74) is 3.87. The van der Waals surface area contributed by atoms with Gasteiger partial charge < -0.3 is 4.74 Å². The van der Waals surface area contributed by atoms with Gasteiger partial charge in [0.15, 0.2) is 0 Å². The van der Waals surface area contributed by atoms with E-state index in [0.717, 1.165) is 12.2 Å². The molecule has 0 saturated carbocycles. The van der Waals surface area contributed by atoms with Gasteiger partial charge in [-0.05, 0) is 52.1 Å². The van der Waals surface area contributed by atoms with Gasteiger partial charge in [-0.15, -0.1) is 0 Å². The second kappa shape index (κ2) is 6.48. The van der Waals surface area contributed by atoms with Crippen LogP contribution in [0, 0.1) is 0 Å². The van der Waals surface area contributed by atoms with E-state index in [9.17, 15) is 0 Å². The highest BCUT2D eigenvalue weighted by atomic mass is 16.5. The van der Waals surface area contributed by atoms with E-state index in [2.05, 4.69) is 68.1 Å². The molecular weight excluding hydrogens is 268 g/mol. The highest BCUT2D eigenvalue weighted by molar-refractivity contribution is 5.88. The molecule has 0 heterocycles. The number of aryl methyl sites for hydroxylation is 1. The monoisotopic (exact) mass is 288 g/mol. The molecule has 0 spiro atoms. The second-order valence-electron chi connectivity index (χ2n) is 5.37. The fourth-order valence-electron chi connectivity index (χ4n) is 2.58. The number of hydrogen-bond donors (Lipinski definition) is 0. The highest BCUT2D eigenvalue weighted by Gasteiger charge is 2.02. The molecule has 0 saturated heterocycles. The zero-order chi connectivity index (χ0) is 15.4. The summed E-state index contributed by atoms with van der Waals surface area (Å²) < 4.78 is 5.59. The van der Waals surface area contributed by atoms with Crippen LogP contribution in [0.4, 0.5) is 0 Å². The van der Waals surface area contributed by atoms with Crippen molar-refractivity contribution in [2.45, 2.75) is 13.3 Å². The summed E-state index contributed by atoms with van der Waals surface area (Å²) in [6.07, 6.45) is 2.83. The Kier molecular flexibility index (Phi) is 4.24. The molecule has 3 rings (SSSR count). The van der Waals surface area contributed by atoms with Crippen molar-refractivity contribution in [3.63, 3.8) is 0 Å².